The number of rotatable bonds is 6. The van der Waals surface area contributed by atoms with Gasteiger partial charge in [0.2, 0.25) is 0 Å². The Morgan fingerprint density at radius 2 is 1.70 bits per heavy atom. The quantitative estimate of drug-likeness (QED) is 0.406. The number of unbranched alkanes of at least 4 members (excludes halogenated alkanes) is 2. The zero-order valence-electron chi connectivity index (χ0n) is 13.0. The predicted octanol–water partition coefficient (Wildman–Crippen LogP) is 4.49. The molecule has 1 saturated carbocycles. The van der Waals surface area contributed by atoms with Gasteiger partial charge in [0, 0.05) is 0 Å². The topological polar surface area (TPSA) is 26.3 Å². The molecule has 3 rings (SSSR count). The molecule has 0 aromatic carbocycles. The van der Waals surface area contributed by atoms with Crippen molar-refractivity contribution in [2.45, 2.75) is 65.2 Å². The van der Waals surface area contributed by atoms with Crippen LogP contribution in [-0.4, -0.2) is 12.6 Å². The van der Waals surface area contributed by atoms with E-state index in [-0.39, 0.29) is 11.9 Å². The Hall–Kier alpha value is -0.790. The number of carbonyl (C=O) groups excluding carboxylic acids is 1. The molecule has 1 fully saturated rings. The Morgan fingerprint density at radius 3 is 2.25 bits per heavy atom. The first-order chi connectivity index (χ1) is 9.74. The minimum absolute atomic E-state index is 0.0724. The van der Waals surface area contributed by atoms with E-state index >= 15 is 0 Å². The monoisotopic (exact) mass is 276 g/mol. The fourth-order valence-corrected chi connectivity index (χ4v) is 4.56. The van der Waals surface area contributed by atoms with E-state index in [0.717, 1.165) is 5.92 Å². The van der Waals surface area contributed by atoms with E-state index in [0.29, 0.717) is 18.4 Å². The smallest absolute Gasteiger partial charge is 0.309 e. The summed E-state index contributed by atoms with van der Waals surface area (Å²) in [5, 5.41) is 0. The fraction of sp³-hybridized carbons (Fsp3) is 0.833. The minimum atomic E-state index is 0.0724. The van der Waals surface area contributed by atoms with Gasteiger partial charge >= 0.3 is 5.97 Å². The number of ether oxygens (including phenoxy) is 1. The lowest BCUT2D eigenvalue weighted by Gasteiger charge is -2.11. The number of hydrogen-bond donors (Lipinski definition) is 0. The lowest BCUT2D eigenvalue weighted by Crippen LogP contribution is -2.08. The molecule has 0 aromatic rings. The van der Waals surface area contributed by atoms with Gasteiger partial charge in [-0.1, -0.05) is 37.3 Å². The molecule has 112 valence electrons. The number of esters is 1. The first-order valence-electron chi connectivity index (χ1n) is 8.61. The van der Waals surface area contributed by atoms with Crippen molar-refractivity contribution in [2.75, 3.05) is 6.61 Å². The number of carbonyl (C=O) groups is 1. The highest BCUT2D eigenvalue weighted by atomic mass is 16.5. The van der Waals surface area contributed by atoms with Crippen molar-refractivity contribution in [3.8, 4) is 0 Å². The Morgan fingerprint density at radius 1 is 1.05 bits per heavy atom. The van der Waals surface area contributed by atoms with E-state index < -0.39 is 0 Å². The van der Waals surface area contributed by atoms with Crippen LogP contribution in [-0.2, 0) is 9.53 Å². The van der Waals surface area contributed by atoms with Crippen LogP contribution in [0.15, 0.2) is 11.1 Å². The third kappa shape index (κ3) is 2.66. The van der Waals surface area contributed by atoms with Gasteiger partial charge in [0.1, 0.15) is 0 Å². The van der Waals surface area contributed by atoms with Crippen LogP contribution >= 0.6 is 0 Å². The van der Waals surface area contributed by atoms with Crippen LogP contribution in [0.4, 0.5) is 0 Å². The molecule has 0 N–H and O–H groups in total. The summed E-state index contributed by atoms with van der Waals surface area (Å²) in [5.74, 6) is 2.48. The summed E-state index contributed by atoms with van der Waals surface area (Å²) in [6, 6.07) is 0. The number of hydrogen-bond acceptors (Lipinski definition) is 2. The summed E-state index contributed by atoms with van der Waals surface area (Å²) in [6.07, 6.45) is 10.6. The maximum absolute atomic E-state index is 11.9. The molecule has 0 bridgehead atoms. The molecule has 0 spiro atoms. The molecule has 2 heteroatoms. The van der Waals surface area contributed by atoms with Gasteiger partial charge in [0.15, 0.2) is 0 Å². The molecule has 3 aliphatic carbocycles. The molecule has 20 heavy (non-hydrogen) atoms. The van der Waals surface area contributed by atoms with Gasteiger partial charge in [0.05, 0.1) is 12.5 Å². The lowest BCUT2D eigenvalue weighted by molar-refractivity contribution is -0.145. The summed E-state index contributed by atoms with van der Waals surface area (Å²) in [4.78, 5) is 11.9. The molecule has 2 atom stereocenters. The Balaban J connectivity index is 1.48. The number of allylic oxidation sites excluding steroid dienone is 2. The molecule has 0 amide bonds. The van der Waals surface area contributed by atoms with Gasteiger partial charge in [-0.05, 0) is 56.8 Å². The van der Waals surface area contributed by atoms with Crippen molar-refractivity contribution in [3.63, 3.8) is 0 Å². The van der Waals surface area contributed by atoms with E-state index in [4.69, 9.17) is 4.74 Å². The summed E-state index contributed by atoms with van der Waals surface area (Å²) < 4.78 is 5.21. The Kier molecular flexibility index (Phi) is 4.18. The Labute approximate surface area is 123 Å². The molecule has 2 unspecified atom stereocenters. The average Bonchev–Trinajstić information content (AvgIpc) is 2.97. The second-order valence-electron chi connectivity index (χ2n) is 6.99. The highest BCUT2D eigenvalue weighted by Crippen LogP contribution is 2.60. The first-order valence-corrected chi connectivity index (χ1v) is 8.61. The van der Waals surface area contributed by atoms with Crippen molar-refractivity contribution < 1.29 is 9.53 Å². The van der Waals surface area contributed by atoms with Crippen molar-refractivity contribution >= 4 is 5.97 Å². The van der Waals surface area contributed by atoms with Crippen LogP contribution in [0.5, 0.6) is 0 Å². The largest absolute Gasteiger partial charge is 0.466 e. The van der Waals surface area contributed by atoms with Crippen molar-refractivity contribution in [3.05, 3.63) is 11.1 Å². The van der Waals surface area contributed by atoms with E-state index in [1.807, 2.05) is 6.92 Å². The highest BCUT2D eigenvalue weighted by molar-refractivity contribution is 5.77. The summed E-state index contributed by atoms with van der Waals surface area (Å²) in [5.41, 5.74) is 3.44. The molecule has 0 radical (unpaired) electrons. The van der Waals surface area contributed by atoms with Crippen molar-refractivity contribution in [2.24, 2.45) is 23.7 Å². The maximum Gasteiger partial charge on any atom is 0.309 e. The van der Waals surface area contributed by atoms with E-state index in [2.05, 4.69) is 6.92 Å². The standard InChI is InChI=1S/C18H28O2/c1-3-5-6-7-12-8-13-10-15-16(11-14(13)9-12)17(15)18(19)20-4-2/h12,15-17H,3-11H2,1-2H3. The summed E-state index contributed by atoms with van der Waals surface area (Å²) >= 11 is 0. The zero-order chi connectivity index (χ0) is 14.1. The van der Waals surface area contributed by atoms with E-state index in [9.17, 15) is 4.79 Å². The first kappa shape index (κ1) is 14.2. The molecule has 0 aliphatic heterocycles. The second-order valence-corrected chi connectivity index (χ2v) is 6.99. The van der Waals surface area contributed by atoms with Gasteiger partial charge in [-0.15, -0.1) is 0 Å². The third-order valence-electron chi connectivity index (χ3n) is 5.64. The Bertz CT molecular complexity index is 386. The van der Waals surface area contributed by atoms with Crippen molar-refractivity contribution in [1.29, 1.82) is 0 Å². The summed E-state index contributed by atoms with van der Waals surface area (Å²) in [7, 11) is 0. The van der Waals surface area contributed by atoms with Crippen LogP contribution in [0.3, 0.4) is 0 Å². The van der Waals surface area contributed by atoms with Gasteiger partial charge in [-0.25, -0.2) is 0 Å². The fourth-order valence-electron chi connectivity index (χ4n) is 4.56. The normalized spacial score (nSPS) is 34.7. The summed E-state index contributed by atoms with van der Waals surface area (Å²) in [6.45, 7) is 4.71. The maximum atomic E-state index is 11.9. The molecule has 0 aromatic heterocycles. The third-order valence-corrected chi connectivity index (χ3v) is 5.64. The zero-order valence-corrected chi connectivity index (χ0v) is 13.0. The molecule has 2 nitrogen and oxygen atoms in total. The van der Waals surface area contributed by atoms with Crippen LogP contribution in [0, 0.1) is 23.7 Å². The van der Waals surface area contributed by atoms with Crippen LogP contribution < -0.4 is 0 Å². The molecular formula is C18H28O2. The molecule has 0 saturated heterocycles. The molecule has 0 heterocycles. The van der Waals surface area contributed by atoms with E-state index in [1.165, 1.54) is 51.4 Å². The minimum Gasteiger partial charge on any atom is -0.466 e. The predicted molar refractivity (Wildman–Crippen MR) is 80.2 cm³/mol. The van der Waals surface area contributed by atoms with Crippen LogP contribution in [0.1, 0.15) is 65.2 Å². The van der Waals surface area contributed by atoms with E-state index in [1.54, 1.807) is 11.1 Å². The van der Waals surface area contributed by atoms with Gasteiger partial charge < -0.3 is 4.74 Å². The van der Waals surface area contributed by atoms with Gasteiger partial charge in [-0.3, -0.25) is 4.79 Å². The van der Waals surface area contributed by atoms with Gasteiger partial charge in [0.25, 0.3) is 0 Å². The SMILES string of the molecule is CCCCCC1CC2=C(C1)CC1C(C2)C1C(=O)OCC. The number of fused-ring (bicyclic) bond motifs is 1. The lowest BCUT2D eigenvalue weighted by atomic mass is 9.94. The highest BCUT2D eigenvalue weighted by Gasteiger charge is 2.58. The molecule has 3 aliphatic rings. The van der Waals surface area contributed by atoms with Crippen LogP contribution in [0.2, 0.25) is 0 Å². The van der Waals surface area contributed by atoms with Crippen LogP contribution in [0.25, 0.3) is 0 Å². The average molecular weight is 276 g/mol. The molecular weight excluding hydrogens is 248 g/mol. The second kappa shape index (κ2) is 5.91. The van der Waals surface area contributed by atoms with Crippen molar-refractivity contribution in [1.82, 2.24) is 0 Å². The van der Waals surface area contributed by atoms with Gasteiger partial charge in [-0.2, -0.15) is 0 Å².